The minimum atomic E-state index is -4.29. The second-order valence-electron chi connectivity index (χ2n) is 6.36. The van der Waals surface area contributed by atoms with Crippen molar-refractivity contribution in [3.63, 3.8) is 0 Å². The molecule has 0 aliphatic carbocycles. The van der Waals surface area contributed by atoms with Gasteiger partial charge in [-0.2, -0.15) is 13.2 Å². The summed E-state index contributed by atoms with van der Waals surface area (Å²) in [5, 5.41) is 3.92. The van der Waals surface area contributed by atoms with Crippen molar-refractivity contribution in [3.05, 3.63) is 28.0 Å². The molecule has 1 aromatic heterocycles. The first-order valence-electron chi connectivity index (χ1n) is 8.26. The van der Waals surface area contributed by atoms with Crippen molar-refractivity contribution in [1.82, 2.24) is 9.47 Å². The maximum absolute atomic E-state index is 14.4. The number of halogens is 5. The van der Waals surface area contributed by atoms with Crippen molar-refractivity contribution >= 4 is 39.2 Å². The number of nitrogens with zero attached hydrogens (tertiary/aromatic N) is 2. The molecule has 0 radical (unpaired) electrons. The summed E-state index contributed by atoms with van der Waals surface area (Å²) in [5.41, 5.74) is 1.20. The maximum Gasteiger partial charge on any atom is 0.406 e. The van der Waals surface area contributed by atoms with Crippen LogP contribution >= 0.6 is 22.6 Å². The number of benzene rings is 1. The van der Waals surface area contributed by atoms with Crippen molar-refractivity contribution < 1.29 is 17.6 Å². The van der Waals surface area contributed by atoms with Gasteiger partial charge in [0.2, 0.25) is 0 Å². The van der Waals surface area contributed by atoms with E-state index < -0.39 is 18.9 Å². The Morgan fingerprint density at radius 3 is 2.72 bits per heavy atom. The third-order valence-electron chi connectivity index (χ3n) is 4.65. The van der Waals surface area contributed by atoms with Crippen LogP contribution in [0.4, 0.5) is 23.2 Å². The molecule has 0 unspecified atom stereocenters. The molecule has 1 aliphatic rings. The van der Waals surface area contributed by atoms with E-state index in [1.165, 1.54) is 4.57 Å². The molecule has 3 nitrogen and oxygen atoms in total. The van der Waals surface area contributed by atoms with Crippen LogP contribution in [0.2, 0.25) is 0 Å². The molecule has 1 fully saturated rings. The van der Waals surface area contributed by atoms with E-state index in [2.05, 4.69) is 10.2 Å². The van der Waals surface area contributed by atoms with Gasteiger partial charge in [-0.3, -0.25) is 0 Å². The molecular weight excluding hydrogens is 449 g/mol. The first kappa shape index (κ1) is 18.8. The van der Waals surface area contributed by atoms with Crippen LogP contribution in [0.5, 0.6) is 0 Å². The van der Waals surface area contributed by atoms with Crippen molar-refractivity contribution in [3.8, 4) is 0 Å². The molecule has 2 aromatic rings. The lowest BCUT2D eigenvalue weighted by molar-refractivity contribution is -0.140. The Bertz CT molecular complexity index is 743. The Balaban J connectivity index is 1.87. The van der Waals surface area contributed by atoms with Gasteiger partial charge < -0.3 is 14.8 Å². The van der Waals surface area contributed by atoms with Gasteiger partial charge in [0.25, 0.3) is 0 Å². The minimum Gasteiger partial charge on any atom is -0.379 e. The van der Waals surface area contributed by atoms with E-state index in [1.54, 1.807) is 24.3 Å². The van der Waals surface area contributed by atoms with E-state index in [9.17, 15) is 17.6 Å². The molecule has 1 aromatic carbocycles. The maximum atomic E-state index is 14.4. The van der Waals surface area contributed by atoms with Gasteiger partial charge in [0.05, 0.1) is 15.3 Å². The van der Waals surface area contributed by atoms with E-state index in [-0.39, 0.29) is 6.04 Å². The molecule has 1 saturated heterocycles. The third kappa shape index (κ3) is 4.21. The number of aromatic nitrogens is 1. The summed E-state index contributed by atoms with van der Waals surface area (Å²) in [5.74, 6) is 0. The van der Waals surface area contributed by atoms with Crippen LogP contribution in [0.1, 0.15) is 13.3 Å². The lowest BCUT2D eigenvalue weighted by Gasteiger charge is -2.35. The summed E-state index contributed by atoms with van der Waals surface area (Å²) < 4.78 is 54.7. The average molecular weight is 469 g/mol. The number of anilines is 1. The number of rotatable bonds is 4. The highest BCUT2D eigenvalue weighted by Gasteiger charge is 2.31. The standard InChI is InChI=1S/C17H20F4IN3/c1-2-24-7-6-14(12(18)9-24)23-13-4-3-5-15-11(13)8-16(22)25(15)10-17(19,20)21/h3-5,8,12,14,23H,2,6-7,9-10H2,1H3/t12-,14+/m1/s1. The molecule has 2 heterocycles. The second kappa shape index (κ2) is 7.30. The van der Waals surface area contributed by atoms with Crippen LogP contribution in [0.3, 0.4) is 0 Å². The molecule has 8 heteroatoms. The number of likely N-dealkylation sites (tertiary alicyclic amines) is 1. The minimum absolute atomic E-state index is 0.322. The van der Waals surface area contributed by atoms with Gasteiger partial charge >= 0.3 is 6.18 Å². The van der Waals surface area contributed by atoms with Crippen LogP contribution in [-0.4, -0.2) is 47.5 Å². The summed E-state index contributed by atoms with van der Waals surface area (Å²) in [7, 11) is 0. The lowest BCUT2D eigenvalue weighted by atomic mass is 10.0. The molecule has 25 heavy (non-hydrogen) atoms. The van der Waals surface area contributed by atoms with Crippen LogP contribution < -0.4 is 5.32 Å². The van der Waals surface area contributed by atoms with Gasteiger partial charge in [-0.25, -0.2) is 4.39 Å². The fourth-order valence-electron chi connectivity index (χ4n) is 3.34. The number of piperidine rings is 1. The third-order valence-corrected chi connectivity index (χ3v) is 5.54. The summed E-state index contributed by atoms with van der Waals surface area (Å²) in [6.07, 6.45) is -4.61. The van der Waals surface area contributed by atoms with Crippen LogP contribution in [0.15, 0.2) is 24.3 Å². The Hall–Kier alpha value is -1.03. The van der Waals surface area contributed by atoms with E-state index in [1.807, 2.05) is 29.5 Å². The fraction of sp³-hybridized carbons (Fsp3) is 0.529. The topological polar surface area (TPSA) is 20.2 Å². The van der Waals surface area contributed by atoms with E-state index in [0.717, 1.165) is 13.1 Å². The summed E-state index contributed by atoms with van der Waals surface area (Å²) in [6.45, 7) is 3.00. The number of hydrogen-bond acceptors (Lipinski definition) is 2. The van der Waals surface area contributed by atoms with Gasteiger partial charge in [-0.15, -0.1) is 0 Å². The Morgan fingerprint density at radius 2 is 2.08 bits per heavy atom. The van der Waals surface area contributed by atoms with E-state index >= 15 is 0 Å². The molecule has 3 rings (SSSR count). The molecule has 1 aliphatic heterocycles. The predicted octanol–water partition coefficient (Wildman–Crippen LogP) is 4.65. The number of hydrogen-bond donors (Lipinski definition) is 1. The largest absolute Gasteiger partial charge is 0.406 e. The number of fused-ring (bicyclic) bond motifs is 1. The molecule has 138 valence electrons. The number of alkyl halides is 4. The summed E-state index contributed by atoms with van der Waals surface area (Å²) in [6, 6.07) is 6.58. The quantitative estimate of drug-likeness (QED) is 0.520. The Morgan fingerprint density at radius 1 is 1.32 bits per heavy atom. The van der Waals surface area contributed by atoms with E-state index in [0.29, 0.717) is 33.3 Å². The molecule has 0 spiro atoms. The molecular formula is C17H20F4IN3. The first-order chi connectivity index (χ1) is 11.8. The normalized spacial score (nSPS) is 22.5. The van der Waals surface area contributed by atoms with Crippen LogP contribution in [-0.2, 0) is 6.54 Å². The van der Waals surface area contributed by atoms with E-state index in [4.69, 9.17) is 0 Å². The SMILES string of the molecule is CCN1CC[C@H](Nc2cccc3c2cc(I)n3CC(F)(F)F)[C@H](F)C1. The highest BCUT2D eigenvalue weighted by Crippen LogP contribution is 2.32. The highest BCUT2D eigenvalue weighted by molar-refractivity contribution is 14.1. The predicted molar refractivity (Wildman–Crippen MR) is 99.7 cm³/mol. The van der Waals surface area contributed by atoms with Gasteiger partial charge in [0.1, 0.15) is 12.7 Å². The second-order valence-corrected chi connectivity index (χ2v) is 7.46. The zero-order valence-electron chi connectivity index (χ0n) is 13.8. The zero-order chi connectivity index (χ0) is 18.2. The van der Waals surface area contributed by atoms with Gasteiger partial charge in [-0.05, 0) is 53.8 Å². The monoisotopic (exact) mass is 469 g/mol. The zero-order valence-corrected chi connectivity index (χ0v) is 15.9. The molecule has 0 bridgehead atoms. The van der Waals surface area contributed by atoms with Crippen molar-refractivity contribution in [2.24, 2.45) is 0 Å². The smallest absolute Gasteiger partial charge is 0.379 e. The van der Waals surface area contributed by atoms with Crippen molar-refractivity contribution in [2.75, 3.05) is 25.0 Å². The highest BCUT2D eigenvalue weighted by atomic mass is 127. The van der Waals surface area contributed by atoms with Crippen LogP contribution in [0.25, 0.3) is 10.9 Å². The fourth-order valence-corrected chi connectivity index (χ4v) is 4.08. The van der Waals surface area contributed by atoms with Crippen molar-refractivity contribution in [1.29, 1.82) is 0 Å². The van der Waals surface area contributed by atoms with Crippen LogP contribution in [0, 0.1) is 3.70 Å². The van der Waals surface area contributed by atoms with Gasteiger partial charge in [0, 0.05) is 24.2 Å². The lowest BCUT2D eigenvalue weighted by Crippen LogP contribution is -2.47. The summed E-state index contributed by atoms with van der Waals surface area (Å²) in [4.78, 5) is 2.06. The molecule has 0 amide bonds. The Labute approximate surface area is 157 Å². The van der Waals surface area contributed by atoms with Gasteiger partial charge in [-0.1, -0.05) is 13.0 Å². The molecule has 1 N–H and O–H groups in total. The molecule has 0 saturated carbocycles. The first-order valence-corrected chi connectivity index (χ1v) is 9.34. The molecule has 2 atom stereocenters. The average Bonchev–Trinajstić information content (AvgIpc) is 2.85. The van der Waals surface area contributed by atoms with Gasteiger partial charge in [0.15, 0.2) is 0 Å². The number of nitrogens with one attached hydrogen (secondary N) is 1. The van der Waals surface area contributed by atoms with Crippen molar-refractivity contribution in [2.45, 2.75) is 38.3 Å². The summed E-state index contributed by atoms with van der Waals surface area (Å²) >= 11 is 1.91. The Kier molecular flexibility index (Phi) is 5.48.